The molecule has 5 heteroatoms. The predicted molar refractivity (Wildman–Crippen MR) is 97.8 cm³/mol. The molecule has 134 valence electrons. The van der Waals surface area contributed by atoms with Crippen molar-refractivity contribution in [2.45, 2.75) is 26.3 Å². The summed E-state index contributed by atoms with van der Waals surface area (Å²) in [5.41, 5.74) is 2.77. The molecule has 25 heavy (non-hydrogen) atoms. The fourth-order valence-corrected chi connectivity index (χ4v) is 2.62. The Morgan fingerprint density at radius 3 is 2.00 bits per heavy atom. The van der Waals surface area contributed by atoms with Crippen molar-refractivity contribution in [1.82, 2.24) is 5.32 Å². The predicted octanol–water partition coefficient (Wildman–Crippen LogP) is 3.77. The van der Waals surface area contributed by atoms with Crippen LogP contribution in [0.2, 0.25) is 0 Å². The van der Waals surface area contributed by atoms with Crippen molar-refractivity contribution in [3.63, 3.8) is 0 Å². The van der Waals surface area contributed by atoms with Gasteiger partial charge in [-0.15, -0.1) is 0 Å². The fourth-order valence-electron chi connectivity index (χ4n) is 2.62. The molecule has 0 saturated carbocycles. The second-order valence-corrected chi connectivity index (χ2v) is 5.70. The van der Waals surface area contributed by atoms with E-state index in [9.17, 15) is 4.79 Å². The fraction of sp³-hybridized carbons (Fsp3) is 0.350. The molecule has 1 N–H and O–H groups in total. The van der Waals surface area contributed by atoms with E-state index in [1.54, 1.807) is 12.1 Å². The van der Waals surface area contributed by atoms with Gasteiger partial charge in [-0.1, -0.05) is 31.2 Å². The summed E-state index contributed by atoms with van der Waals surface area (Å²) in [5.74, 6) is 1.16. The number of benzene rings is 2. The Hall–Kier alpha value is -2.69. The van der Waals surface area contributed by atoms with E-state index in [1.165, 1.54) is 26.9 Å². The third kappa shape index (κ3) is 4.24. The lowest BCUT2D eigenvalue weighted by molar-refractivity contribution is 0.0939. The first-order chi connectivity index (χ1) is 12.0. The van der Waals surface area contributed by atoms with E-state index in [2.05, 4.69) is 24.4 Å². The van der Waals surface area contributed by atoms with E-state index < -0.39 is 0 Å². The van der Waals surface area contributed by atoms with Gasteiger partial charge in [-0.2, -0.15) is 0 Å². The summed E-state index contributed by atoms with van der Waals surface area (Å²) in [4.78, 5) is 12.6. The number of carbonyl (C=O) groups is 1. The molecule has 0 spiro atoms. The van der Waals surface area contributed by atoms with Gasteiger partial charge >= 0.3 is 0 Å². The first-order valence-corrected chi connectivity index (χ1v) is 8.23. The van der Waals surface area contributed by atoms with Gasteiger partial charge in [-0.05, 0) is 36.6 Å². The van der Waals surface area contributed by atoms with Crippen molar-refractivity contribution < 1.29 is 19.0 Å². The maximum Gasteiger partial charge on any atom is 0.252 e. The minimum atomic E-state index is -0.202. The Kier molecular flexibility index (Phi) is 6.28. The maximum absolute atomic E-state index is 12.6. The highest BCUT2D eigenvalue weighted by Crippen LogP contribution is 2.38. The van der Waals surface area contributed by atoms with Crippen LogP contribution < -0.4 is 19.5 Å². The largest absolute Gasteiger partial charge is 0.493 e. The molecule has 0 bridgehead atoms. The van der Waals surface area contributed by atoms with Crippen LogP contribution in [0, 0.1) is 0 Å². The molecule has 1 atom stereocenters. The lowest BCUT2D eigenvalue weighted by Gasteiger charge is -2.17. The molecule has 0 aliphatic heterocycles. The summed E-state index contributed by atoms with van der Waals surface area (Å²) >= 11 is 0. The van der Waals surface area contributed by atoms with E-state index in [0.717, 1.165) is 12.0 Å². The van der Waals surface area contributed by atoms with Crippen LogP contribution in [-0.2, 0) is 6.42 Å². The first-order valence-electron chi connectivity index (χ1n) is 8.23. The maximum atomic E-state index is 12.6. The Balaban J connectivity index is 2.21. The van der Waals surface area contributed by atoms with Gasteiger partial charge in [0.2, 0.25) is 5.75 Å². The van der Waals surface area contributed by atoms with Gasteiger partial charge in [-0.25, -0.2) is 0 Å². The second-order valence-electron chi connectivity index (χ2n) is 5.70. The van der Waals surface area contributed by atoms with Crippen molar-refractivity contribution in [2.24, 2.45) is 0 Å². The highest BCUT2D eigenvalue weighted by atomic mass is 16.5. The molecule has 5 nitrogen and oxygen atoms in total. The quantitative estimate of drug-likeness (QED) is 0.831. The molecular formula is C20H25NO4. The molecule has 0 saturated heterocycles. The summed E-state index contributed by atoms with van der Waals surface area (Å²) in [6.07, 6.45) is 0.993. The molecule has 0 heterocycles. The molecule has 1 amide bonds. The van der Waals surface area contributed by atoms with Gasteiger partial charge in [-0.3, -0.25) is 4.79 Å². The van der Waals surface area contributed by atoms with Gasteiger partial charge in [0.05, 0.1) is 27.4 Å². The molecular weight excluding hydrogens is 318 g/mol. The monoisotopic (exact) mass is 343 g/mol. The first kappa shape index (κ1) is 18.6. The van der Waals surface area contributed by atoms with Gasteiger partial charge in [0.25, 0.3) is 5.91 Å². The number of nitrogens with one attached hydrogen (secondary N) is 1. The number of rotatable bonds is 7. The smallest absolute Gasteiger partial charge is 0.252 e. The number of amides is 1. The number of hydrogen-bond acceptors (Lipinski definition) is 4. The van der Waals surface area contributed by atoms with Gasteiger partial charge in [0.1, 0.15) is 0 Å². The van der Waals surface area contributed by atoms with E-state index in [1.807, 2.05) is 19.1 Å². The Morgan fingerprint density at radius 2 is 1.56 bits per heavy atom. The minimum Gasteiger partial charge on any atom is -0.493 e. The summed E-state index contributed by atoms with van der Waals surface area (Å²) in [5, 5.41) is 3.00. The van der Waals surface area contributed by atoms with Crippen molar-refractivity contribution in [3.05, 3.63) is 53.1 Å². The van der Waals surface area contributed by atoms with Gasteiger partial charge in [0, 0.05) is 5.56 Å². The van der Waals surface area contributed by atoms with Crippen molar-refractivity contribution in [1.29, 1.82) is 0 Å². The van der Waals surface area contributed by atoms with Crippen LogP contribution in [0.15, 0.2) is 36.4 Å². The van der Waals surface area contributed by atoms with Crippen LogP contribution in [0.25, 0.3) is 0 Å². The van der Waals surface area contributed by atoms with Crippen molar-refractivity contribution >= 4 is 5.91 Å². The van der Waals surface area contributed by atoms with Crippen LogP contribution in [0.3, 0.4) is 0 Å². The lowest BCUT2D eigenvalue weighted by atomic mass is 10.0. The van der Waals surface area contributed by atoms with Crippen molar-refractivity contribution in [2.75, 3.05) is 21.3 Å². The third-order valence-corrected chi connectivity index (χ3v) is 4.16. The Bertz CT molecular complexity index is 700. The number of hydrogen-bond donors (Lipinski definition) is 1. The molecule has 2 rings (SSSR count). The standard InChI is InChI=1S/C20H25NO4/c1-6-14-7-9-15(10-8-14)13(2)21-20(22)16-11-17(23-3)19(25-5)18(12-16)24-4/h7-13H,6H2,1-5H3,(H,21,22). The zero-order chi connectivity index (χ0) is 18.4. The summed E-state index contributed by atoms with van der Waals surface area (Å²) in [7, 11) is 4.58. The van der Waals surface area contributed by atoms with Crippen LogP contribution in [0.1, 0.15) is 41.4 Å². The zero-order valence-electron chi connectivity index (χ0n) is 15.4. The van der Waals surface area contributed by atoms with Crippen LogP contribution >= 0.6 is 0 Å². The van der Waals surface area contributed by atoms with Crippen LogP contribution in [0.5, 0.6) is 17.2 Å². The van der Waals surface area contributed by atoms with E-state index in [0.29, 0.717) is 22.8 Å². The highest BCUT2D eigenvalue weighted by Gasteiger charge is 2.18. The number of aryl methyl sites for hydroxylation is 1. The molecule has 0 aliphatic carbocycles. The lowest BCUT2D eigenvalue weighted by Crippen LogP contribution is -2.26. The summed E-state index contributed by atoms with van der Waals surface area (Å²) in [6.45, 7) is 4.07. The molecule has 0 fully saturated rings. The molecule has 1 unspecified atom stereocenters. The number of carbonyl (C=O) groups excluding carboxylic acids is 1. The van der Waals surface area contributed by atoms with E-state index >= 15 is 0 Å². The SMILES string of the molecule is CCc1ccc(C(C)NC(=O)c2cc(OC)c(OC)c(OC)c2)cc1. The summed E-state index contributed by atoms with van der Waals surface area (Å²) in [6, 6.07) is 11.4. The molecule has 0 aromatic heterocycles. The second kappa shape index (κ2) is 8.42. The number of ether oxygens (including phenoxy) is 3. The molecule has 0 radical (unpaired) electrons. The molecule has 2 aromatic carbocycles. The molecule has 2 aromatic rings. The van der Waals surface area contributed by atoms with E-state index in [4.69, 9.17) is 14.2 Å². The van der Waals surface area contributed by atoms with Gasteiger partial charge < -0.3 is 19.5 Å². The number of methoxy groups -OCH3 is 3. The third-order valence-electron chi connectivity index (χ3n) is 4.16. The van der Waals surface area contributed by atoms with Crippen LogP contribution in [0.4, 0.5) is 0 Å². The minimum absolute atomic E-state index is 0.113. The highest BCUT2D eigenvalue weighted by molar-refractivity contribution is 5.95. The van der Waals surface area contributed by atoms with Gasteiger partial charge in [0.15, 0.2) is 11.5 Å². The molecule has 0 aliphatic rings. The average molecular weight is 343 g/mol. The normalized spacial score (nSPS) is 11.6. The Labute approximate surface area is 148 Å². The average Bonchev–Trinajstić information content (AvgIpc) is 2.66. The van der Waals surface area contributed by atoms with Crippen LogP contribution in [-0.4, -0.2) is 27.2 Å². The van der Waals surface area contributed by atoms with E-state index in [-0.39, 0.29) is 11.9 Å². The topological polar surface area (TPSA) is 56.8 Å². The summed E-state index contributed by atoms with van der Waals surface area (Å²) < 4.78 is 15.9. The van der Waals surface area contributed by atoms with Crippen molar-refractivity contribution in [3.8, 4) is 17.2 Å². The Morgan fingerprint density at radius 1 is 1.00 bits per heavy atom. The zero-order valence-corrected chi connectivity index (χ0v) is 15.4.